The van der Waals surface area contributed by atoms with Gasteiger partial charge in [0, 0.05) is 11.5 Å². The summed E-state index contributed by atoms with van der Waals surface area (Å²) in [4.78, 5) is 14.1. The van der Waals surface area contributed by atoms with Crippen LogP contribution in [-0.4, -0.2) is 43.1 Å². The molecule has 2 atom stereocenters. The molecule has 0 saturated carbocycles. The minimum absolute atomic E-state index is 0.0755. The van der Waals surface area contributed by atoms with Gasteiger partial charge >= 0.3 is 5.97 Å². The summed E-state index contributed by atoms with van der Waals surface area (Å²) in [5, 5.41) is 23.2. The number of hydrogen-bond acceptors (Lipinski definition) is 6. The van der Waals surface area contributed by atoms with E-state index in [1.54, 1.807) is 0 Å². The van der Waals surface area contributed by atoms with Crippen molar-refractivity contribution in [1.29, 1.82) is 0 Å². The molecule has 8 nitrogen and oxygen atoms in total. The van der Waals surface area contributed by atoms with Gasteiger partial charge in [-0.2, -0.15) is 0 Å². The monoisotopic (exact) mass is 295 g/mol. The molecule has 0 fully saturated rings. The number of rotatable bonds is 7. The number of ether oxygens (including phenoxy) is 2. The summed E-state index contributed by atoms with van der Waals surface area (Å²) in [6.07, 6.45) is -2.16. The predicted octanol–water partition coefficient (Wildman–Crippen LogP) is 1.58. The quantitative estimate of drug-likeness (QED) is 0.342. The SMILES string of the molecule is COC(=O)c1ccc(C(O)C(O)CCN=[N+]=[N-])cc1OC. The molecule has 0 saturated heterocycles. The van der Waals surface area contributed by atoms with Crippen LogP contribution in [0.1, 0.15) is 28.4 Å². The highest BCUT2D eigenvalue weighted by Crippen LogP contribution is 2.27. The smallest absolute Gasteiger partial charge is 0.341 e. The summed E-state index contributed by atoms with van der Waals surface area (Å²) in [5.74, 6) is -0.322. The van der Waals surface area contributed by atoms with Crippen molar-refractivity contribution < 1.29 is 24.5 Å². The summed E-state index contributed by atoms with van der Waals surface area (Å²) < 4.78 is 9.69. The molecule has 0 spiro atoms. The minimum atomic E-state index is -1.18. The highest BCUT2D eigenvalue weighted by Gasteiger charge is 2.21. The van der Waals surface area contributed by atoms with E-state index in [4.69, 9.17) is 10.3 Å². The number of aliphatic hydroxyl groups is 2. The Labute approximate surface area is 121 Å². The van der Waals surface area contributed by atoms with Crippen molar-refractivity contribution in [2.24, 2.45) is 5.11 Å². The highest BCUT2D eigenvalue weighted by atomic mass is 16.5. The van der Waals surface area contributed by atoms with Crippen LogP contribution in [0, 0.1) is 0 Å². The maximum absolute atomic E-state index is 11.5. The van der Waals surface area contributed by atoms with Crippen LogP contribution in [0.5, 0.6) is 5.75 Å². The Bertz CT molecular complexity index is 543. The molecule has 0 heterocycles. The first-order chi connectivity index (χ1) is 10.0. The van der Waals surface area contributed by atoms with Gasteiger partial charge in [-0.1, -0.05) is 11.2 Å². The van der Waals surface area contributed by atoms with E-state index in [0.29, 0.717) is 5.56 Å². The van der Waals surface area contributed by atoms with Gasteiger partial charge in [0.2, 0.25) is 0 Å². The second kappa shape index (κ2) is 8.11. The minimum Gasteiger partial charge on any atom is -0.496 e. The molecule has 1 aromatic rings. The molecule has 2 N–H and O–H groups in total. The molecule has 1 aromatic carbocycles. The topological polar surface area (TPSA) is 125 Å². The third-order valence-corrected chi connectivity index (χ3v) is 2.92. The Morgan fingerprint density at radius 3 is 2.71 bits per heavy atom. The molecule has 0 amide bonds. The van der Waals surface area contributed by atoms with Crippen molar-refractivity contribution in [1.82, 2.24) is 0 Å². The molecule has 2 unspecified atom stereocenters. The Kier molecular flexibility index (Phi) is 6.48. The number of benzene rings is 1. The van der Waals surface area contributed by atoms with Crippen molar-refractivity contribution in [3.63, 3.8) is 0 Å². The van der Waals surface area contributed by atoms with Gasteiger partial charge in [-0.05, 0) is 29.6 Å². The third kappa shape index (κ3) is 4.35. The average Bonchev–Trinajstić information content (AvgIpc) is 2.52. The fourth-order valence-electron chi connectivity index (χ4n) is 1.79. The summed E-state index contributed by atoms with van der Waals surface area (Å²) in [7, 11) is 2.64. The zero-order valence-electron chi connectivity index (χ0n) is 11.8. The fourth-order valence-corrected chi connectivity index (χ4v) is 1.79. The molecule has 1 rings (SSSR count). The van der Waals surface area contributed by atoms with Gasteiger partial charge in [-0.15, -0.1) is 0 Å². The van der Waals surface area contributed by atoms with Gasteiger partial charge in [0.15, 0.2) is 0 Å². The maximum Gasteiger partial charge on any atom is 0.341 e. The lowest BCUT2D eigenvalue weighted by atomic mass is 10.00. The fraction of sp³-hybridized carbons (Fsp3) is 0.462. The van der Waals surface area contributed by atoms with Gasteiger partial charge in [0.05, 0.1) is 20.3 Å². The second-order valence-corrected chi connectivity index (χ2v) is 4.21. The molecule has 8 heteroatoms. The number of carbonyl (C=O) groups excluding carboxylic acids is 1. The number of esters is 1. The summed E-state index contributed by atoms with van der Waals surface area (Å²) >= 11 is 0. The number of hydrogen-bond donors (Lipinski definition) is 2. The van der Waals surface area contributed by atoms with Gasteiger partial charge in [0.25, 0.3) is 0 Å². The largest absolute Gasteiger partial charge is 0.496 e. The van der Waals surface area contributed by atoms with Crippen molar-refractivity contribution >= 4 is 5.97 Å². The van der Waals surface area contributed by atoms with Crippen LogP contribution in [0.15, 0.2) is 23.3 Å². The van der Waals surface area contributed by atoms with Crippen LogP contribution >= 0.6 is 0 Å². The lowest BCUT2D eigenvalue weighted by Crippen LogP contribution is -2.19. The summed E-state index contributed by atoms with van der Waals surface area (Å²) in [6, 6.07) is 4.40. The zero-order valence-corrected chi connectivity index (χ0v) is 11.8. The number of nitrogens with zero attached hydrogens (tertiary/aromatic N) is 3. The molecule has 0 aromatic heterocycles. The van der Waals surface area contributed by atoms with Crippen LogP contribution in [0.3, 0.4) is 0 Å². The van der Waals surface area contributed by atoms with E-state index in [9.17, 15) is 15.0 Å². The number of aliphatic hydroxyl groups excluding tert-OH is 2. The Morgan fingerprint density at radius 2 is 2.14 bits per heavy atom. The van der Waals surface area contributed by atoms with E-state index in [1.807, 2.05) is 0 Å². The van der Waals surface area contributed by atoms with Crippen molar-refractivity contribution in [3.05, 3.63) is 39.8 Å². The zero-order chi connectivity index (χ0) is 15.8. The molecule has 0 radical (unpaired) electrons. The Balaban J connectivity index is 2.92. The summed E-state index contributed by atoms with van der Waals surface area (Å²) in [5.41, 5.74) is 8.77. The molecule has 0 aliphatic carbocycles. The first-order valence-corrected chi connectivity index (χ1v) is 6.18. The summed E-state index contributed by atoms with van der Waals surface area (Å²) in [6.45, 7) is 0.0755. The lowest BCUT2D eigenvalue weighted by molar-refractivity contribution is 0.0149. The van der Waals surface area contributed by atoms with E-state index < -0.39 is 18.2 Å². The third-order valence-electron chi connectivity index (χ3n) is 2.92. The van der Waals surface area contributed by atoms with Crippen molar-refractivity contribution in [3.8, 4) is 5.75 Å². The van der Waals surface area contributed by atoms with Gasteiger partial charge in [-0.25, -0.2) is 4.79 Å². The molecule has 0 bridgehead atoms. The van der Waals surface area contributed by atoms with E-state index in [-0.39, 0.29) is 24.3 Å². The van der Waals surface area contributed by atoms with Crippen molar-refractivity contribution in [2.45, 2.75) is 18.6 Å². The van der Waals surface area contributed by atoms with E-state index in [1.165, 1.54) is 32.4 Å². The normalized spacial score (nSPS) is 13.0. The molecule has 0 aliphatic heterocycles. The highest BCUT2D eigenvalue weighted by molar-refractivity contribution is 5.92. The van der Waals surface area contributed by atoms with Gasteiger partial charge < -0.3 is 19.7 Å². The Morgan fingerprint density at radius 1 is 1.43 bits per heavy atom. The van der Waals surface area contributed by atoms with Crippen molar-refractivity contribution in [2.75, 3.05) is 20.8 Å². The van der Waals surface area contributed by atoms with Gasteiger partial charge in [0.1, 0.15) is 17.4 Å². The van der Waals surface area contributed by atoms with Crippen LogP contribution in [0.2, 0.25) is 0 Å². The van der Waals surface area contributed by atoms with Crippen LogP contribution in [0.4, 0.5) is 0 Å². The van der Waals surface area contributed by atoms with E-state index in [0.717, 1.165) is 0 Å². The van der Waals surface area contributed by atoms with Crippen LogP contribution in [0.25, 0.3) is 10.4 Å². The number of azide groups is 1. The molecule has 0 aliphatic rings. The molecule has 114 valence electrons. The first kappa shape index (κ1) is 16.8. The average molecular weight is 295 g/mol. The van der Waals surface area contributed by atoms with E-state index in [2.05, 4.69) is 14.8 Å². The predicted molar refractivity (Wildman–Crippen MR) is 73.9 cm³/mol. The van der Waals surface area contributed by atoms with Crippen LogP contribution < -0.4 is 4.74 Å². The molecule has 21 heavy (non-hydrogen) atoms. The van der Waals surface area contributed by atoms with E-state index >= 15 is 0 Å². The Hall–Kier alpha value is -2.28. The standard InChI is InChI=1S/C13H17N3O5/c1-20-11-7-8(3-4-9(11)13(19)21-2)12(18)10(17)5-6-15-16-14/h3-4,7,10,12,17-18H,5-6H2,1-2H3. The first-order valence-electron chi connectivity index (χ1n) is 6.18. The second-order valence-electron chi connectivity index (χ2n) is 4.21. The maximum atomic E-state index is 11.5. The van der Waals surface area contributed by atoms with Crippen LogP contribution in [-0.2, 0) is 4.74 Å². The number of carbonyl (C=O) groups is 1. The number of methoxy groups -OCH3 is 2. The van der Waals surface area contributed by atoms with Gasteiger partial charge in [-0.3, -0.25) is 0 Å². The lowest BCUT2D eigenvalue weighted by Gasteiger charge is -2.18. The molecular formula is C13H17N3O5. The molecular weight excluding hydrogens is 278 g/mol.